The number of phenols is 1. The number of aromatic hydroxyl groups is 1. The van der Waals surface area contributed by atoms with Gasteiger partial charge in [-0.2, -0.15) is 5.10 Å². The molecule has 0 aliphatic heterocycles. The average Bonchev–Trinajstić information content (AvgIpc) is 2.50. The number of nitrogens with zero attached hydrogens (tertiary/aromatic N) is 1. The fourth-order valence-corrected chi connectivity index (χ4v) is 1.96. The number of hydrogen-bond donors (Lipinski definition) is 2. The van der Waals surface area contributed by atoms with Gasteiger partial charge < -0.3 is 14.6 Å². The lowest BCUT2D eigenvalue weighted by Crippen LogP contribution is -1.94. The third kappa shape index (κ3) is 3.88. The lowest BCUT2D eigenvalue weighted by molar-refractivity contribution is 0.340. The summed E-state index contributed by atoms with van der Waals surface area (Å²) in [4.78, 5) is 0. The Kier molecular flexibility index (Phi) is 5.05. The minimum atomic E-state index is -0.0296. The van der Waals surface area contributed by atoms with Crippen molar-refractivity contribution in [2.45, 2.75) is 0 Å². The molecule has 0 saturated heterocycles. The van der Waals surface area contributed by atoms with E-state index in [0.29, 0.717) is 11.5 Å². The summed E-state index contributed by atoms with van der Waals surface area (Å²) in [6.07, 6.45) is 1.62. The van der Waals surface area contributed by atoms with Crippen LogP contribution < -0.4 is 14.9 Å². The highest BCUT2D eigenvalue weighted by Gasteiger charge is 2.10. The van der Waals surface area contributed by atoms with Crippen LogP contribution in [0.1, 0.15) is 5.56 Å². The monoisotopic (exact) mass is 350 g/mol. The average molecular weight is 351 g/mol. The third-order valence-corrected chi connectivity index (χ3v) is 3.28. The molecule has 0 aromatic heterocycles. The van der Waals surface area contributed by atoms with Crippen LogP contribution in [0.25, 0.3) is 0 Å². The molecule has 2 N–H and O–H groups in total. The summed E-state index contributed by atoms with van der Waals surface area (Å²) in [6.45, 7) is 0. The van der Waals surface area contributed by atoms with Crippen LogP contribution in [-0.2, 0) is 0 Å². The van der Waals surface area contributed by atoms with Gasteiger partial charge >= 0.3 is 0 Å². The van der Waals surface area contributed by atoms with E-state index >= 15 is 0 Å². The molecule has 6 heteroatoms. The number of phenolic OH excluding ortho intramolecular Hbond substituents is 1. The molecule has 0 aliphatic rings. The lowest BCUT2D eigenvalue weighted by Gasteiger charge is -2.09. The van der Waals surface area contributed by atoms with Crippen LogP contribution in [0.15, 0.2) is 46.0 Å². The van der Waals surface area contributed by atoms with Crippen molar-refractivity contribution < 1.29 is 14.6 Å². The molecule has 2 aromatic rings. The molecule has 2 rings (SSSR count). The number of halogens is 1. The number of rotatable bonds is 5. The van der Waals surface area contributed by atoms with E-state index in [-0.39, 0.29) is 5.75 Å². The first-order valence-electron chi connectivity index (χ1n) is 6.13. The largest absolute Gasteiger partial charge is 0.502 e. The predicted molar refractivity (Wildman–Crippen MR) is 86.6 cm³/mol. The number of hydrazone groups is 1. The maximum atomic E-state index is 9.83. The molecule has 0 saturated carbocycles. The van der Waals surface area contributed by atoms with Crippen LogP contribution in [-0.4, -0.2) is 25.5 Å². The Morgan fingerprint density at radius 2 is 1.67 bits per heavy atom. The maximum absolute atomic E-state index is 9.83. The zero-order valence-electron chi connectivity index (χ0n) is 11.6. The molecule has 0 bridgehead atoms. The molecular weight excluding hydrogens is 336 g/mol. The van der Waals surface area contributed by atoms with E-state index in [4.69, 9.17) is 9.47 Å². The first-order chi connectivity index (χ1) is 10.1. The maximum Gasteiger partial charge on any atom is 0.200 e. The van der Waals surface area contributed by atoms with Crippen molar-refractivity contribution in [3.05, 3.63) is 46.4 Å². The molecule has 0 aliphatic carbocycles. The minimum absolute atomic E-state index is 0.0296. The summed E-state index contributed by atoms with van der Waals surface area (Å²) in [5, 5.41) is 14.0. The van der Waals surface area contributed by atoms with Gasteiger partial charge in [-0.05, 0) is 36.4 Å². The van der Waals surface area contributed by atoms with E-state index in [1.54, 1.807) is 18.3 Å². The van der Waals surface area contributed by atoms with Gasteiger partial charge in [0.15, 0.2) is 11.5 Å². The van der Waals surface area contributed by atoms with Gasteiger partial charge in [-0.25, -0.2) is 0 Å². The topological polar surface area (TPSA) is 63.1 Å². The predicted octanol–water partition coefficient (Wildman–Crippen LogP) is 3.62. The normalized spacial score (nSPS) is 10.6. The Balaban J connectivity index is 2.15. The van der Waals surface area contributed by atoms with E-state index in [2.05, 4.69) is 26.5 Å². The van der Waals surface area contributed by atoms with Gasteiger partial charge in [-0.1, -0.05) is 15.9 Å². The first kappa shape index (κ1) is 15.2. The summed E-state index contributed by atoms with van der Waals surface area (Å²) in [5.74, 6) is 0.636. The number of methoxy groups -OCH3 is 2. The minimum Gasteiger partial charge on any atom is -0.502 e. The van der Waals surface area contributed by atoms with E-state index in [1.165, 1.54) is 14.2 Å². The summed E-state index contributed by atoms with van der Waals surface area (Å²) in [6, 6.07) is 11.0. The molecule has 110 valence electrons. The molecule has 0 unspecified atom stereocenters. The summed E-state index contributed by atoms with van der Waals surface area (Å²) >= 11 is 3.37. The SMILES string of the molecule is COc1cc(/C=N/Nc2ccc(Br)cc2)cc(OC)c1O. The van der Waals surface area contributed by atoms with Crippen LogP contribution in [0, 0.1) is 0 Å². The molecule has 21 heavy (non-hydrogen) atoms. The quantitative estimate of drug-likeness (QED) is 0.638. The van der Waals surface area contributed by atoms with Crippen molar-refractivity contribution in [1.29, 1.82) is 0 Å². The van der Waals surface area contributed by atoms with Crippen LogP contribution in [0.4, 0.5) is 5.69 Å². The van der Waals surface area contributed by atoms with Crippen LogP contribution >= 0.6 is 15.9 Å². The van der Waals surface area contributed by atoms with Gasteiger partial charge in [-0.15, -0.1) is 0 Å². The van der Waals surface area contributed by atoms with E-state index in [9.17, 15) is 5.11 Å². The Morgan fingerprint density at radius 1 is 1.10 bits per heavy atom. The molecule has 0 atom stereocenters. The van der Waals surface area contributed by atoms with Gasteiger partial charge in [0, 0.05) is 10.0 Å². The van der Waals surface area contributed by atoms with Crippen molar-refractivity contribution in [3.63, 3.8) is 0 Å². The molecule has 0 amide bonds. The molecule has 0 heterocycles. The second-order valence-corrected chi connectivity index (χ2v) is 5.07. The van der Waals surface area contributed by atoms with E-state index < -0.39 is 0 Å². The van der Waals surface area contributed by atoms with Crippen LogP contribution in [0.5, 0.6) is 17.2 Å². The van der Waals surface area contributed by atoms with E-state index in [0.717, 1.165) is 15.7 Å². The van der Waals surface area contributed by atoms with E-state index in [1.807, 2.05) is 24.3 Å². The number of benzene rings is 2. The number of nitrogens with one attached hydrogen (secondary N) is 1. The molecule has 0 spiro atoms. The zero-order chi connectivity index (χ0) is 15.2. The zero-order valence-corrected chi connectivity index (χ0v) is 13.2. The van der Waals surface area contributed by atoms with Gasteiger partial charge in [0.05, 0.1) is 26.1 Å². The smallest absolute Gasteiger partial charge is 0.200 e. The lowest BCUT2D eigenvalue weighted by atomic mass is 10.2. The molecule has 5 nitrogen and oxygen atoms in total. The van der Waals surface area contributed by atoms with Crippen molar-refractivity contribution in [1.82, 2.24) is 0 Å². The van der Waals surface area contributed by atoms with Gasteiger partial charge in [0.1, 0.15) is 0 Å². The van der Waals surface area contributed by atoms with Gasteiger partial charge in [0.2, 0.25) is 5.75 Å². The summed E-state index contributed by atoms with van der Waals surface area (Å²) < 4.78 is 11.2. The van der Waals surface area contributed by atoms with Crippen LogP contribution in [0.2, 0.25) is 0 Å². The number of hydrogen-bond acceptors (Lipinski definition) is 5. The summed E-state index contributed by atoms with van der Waals surface area (Å²) in [5.41, 5.74) is 4.52. The van der Waals surface area contributed by atoms with Crippen molar-refractivity contribution in [3.8, 4) is 17.2 Å². The third-order valence-electron chi connectivity index (χ3n) is 2.75. The van der Waals surface area contributed by atoms with Gasteiger partial charge in [0.25, 0.3) is 0 Å². The van der Waals surface area contributed by atoms with Crippen molar-refractivity contribution in [2.24, 2.45) is 5.10 Å². The number of ether oxygens (including phenoxy) is 2. The fourth-order valence-electron chi connectivity index (χ4n) is 1.69. The Labute approximate surface area is 131 Å². The molecule has 0 fully saturated rings. The summed E-state index contributed by atoms with van der Waals surface area (Å²) in [7, 11) is 2.96. The molecule has 2 aromatic carbocycles. The van der Waals surface area contributed by atoms with Crippen molar-refractivity contribution in [2.75, 3.05) is 19.6 Å². The second kappa shape index (κ2) is 6.99. The first-order valence-corrected chi connectivity index (χ1v) is 6.93. The fraction of sp³-hybridized carbons (Fsp3) is 0.133. The molecule has 0 radical (unpaired) electrons. The van der Waals surface area contributed by atoms with Crippen molar-refractivity contribution >= 4 is 27.8 Å². The highest BCUT2D eigenvalue weighted by Crippen LogP contribution is 2.36. The van der Waals surface area contributed by atoms with Crippen LogP contribution in [0.3, 0.4) is 0 Å². The second-order valence-electron chi connectivity index (χ2n) is 4.15. The standard InChI is InChI=1S/C15H15BrN2O3/c1-20-13-7-10(8-14(21-2)15(13)19)9-17-18-12-5-3-11(16)4-6-12/h3-9,18-19H,1-2H3/b17-9+. The highest BCUT2D eigenvalue weighted by atomic mass is 79.9. The Bertz CT molecular complexity index is 617. The molecular formula is C15H15BrN2O3. The number of anilines is 1. The van der Waals surface area contributed by atoms with Gasteiger partial charge in [-0.3, -0.25) is 5.43 Å². The highest BCUT2D eigenvalue weighted by molar-refractivity contribution is 9.10. The Hall–Kier alpha value is -2.21. The Morgan fingerprint density at radius 3 is 2.19 bits per heavy atom.